The van der Waals surface area contributed by atoms with Gasteiger partial charge >= 0.3 is 0 Å². The Bertz CT molecular complexity index is 152. The molecule has 0 N–H and O–H groups in total. The van der Waals surface area contributed by atoms with Crippen LogP contribution in [0.1, 0.15) is 41.0 Å². The monoisotopic (exact) mass is 172 g/mol. The molecule has 0 radical (unpaired) electrons. The maximum Gasteiger partial charge on any atom is 0.160 e. The van der Waals surface area contributed by atoms with Crippen LogP contribution in [0.2, 0.25) is 0 Å². The van der Waals surface area contributed by atoms with Gasteiger partial charge in [-0.1, -0.05) is 13.8 Å². The van der Waals surface area contributed by atoms with E-state index in [2.05, 4.69) is 34.6 Å². The number of hydrogen-bond acceptors (Lipinski definition) is 2. The Morgan fingerprint density at radius 2 is 1.92 bits per heavy atom. The van der Waals surface area contributed by atoms with Crippen LogP contribution in [0, 0.1) is 5.92 Å². The molecule has 0 saturated carbocycles. The Morgan fingerprint density at radius 1 is 1.33 bits per heavy atom. The zero-order valence-corrected chi connectivity index (χ0v) is 8.76. The summed E-state index contributed by atoms with van der Waals surface area (Å²) in [4.78, 5) is 0. The van der Waals surface area contributed by atoms with Crippen molar-refractivity contribution >= 4 is 0 Å². The van der Waals surface area contributed by atoms with Gasteiger partial charge in [0.05, 0.1) is 11.7 Å². The van der Waals surface area contributed by atoms with Crippen LogP contribution in [-0.4, -0.2) is 18.0 Å². The van der Waals surface area contributed by atoms with Gasteiger partial charge in [0.25, 0.3) is 0 Å². The Balaban J connectivity index is 2.58. The highest BCUT2D eigenvalue weighted by atomic mass is 16.7. The van der Waals surface area contributed by atoms with Gasteiger partial charge in [-0.2, -0.15) is 0 Å². The molecule has 2 atom stereocenters. The van der Waals surface area contributed by atoms with Crippen molar-refractivity contribution in [3.8, 4) is 0 Å². The van der Waals surface area contributed by atoms with Gasteiger partial charge in [-0.25, -0.2) is 0 Å². The molecule has 0 aromatic heterocycles. The minimum absolute atomic E-state index is 0.0212. The molecule has 72 valence electrons. The van der Waals surface area contributed by atoms with E-state index in [1.807, 2.05) is 0 Å². The van der Waals surface area contributed by atoms with Gasteiger partial charge in [-0.15, -0.1) is 0 Å². The predicted octanol–water partition coefficient (Wildman–Crippen LogP) is 2.57. The zero-order chi connectivity index (χ0) is 9.35. The Morgan fingerprint density at radius 3 is 2.33 bits per heavy atom. The highest BCUT2D eigenvalue weighted by Gasteiger charge is 2.34. The lowest BCUT2D eigenvalue weighted by molar-refractivity contribution is -0.283. The number of rotatable bonds is 1. The van der Waals surface area contributed by atoms with Gasteiger partial charge in [-0.3, -0.25) is 0 Å². The normalized spacial score (nSPS) is 35.5. The fraction of sp³-hybridized carbons (Fsp3) is 1.00. The summed E-state index contributed by atoms with van der Waals surface area (Å²) in [5, 5.41) is 0. The van der Waals surface area contributed by atoms with Crippen molar-refractivity contribution in [2.45, 2.75) is 59.0 Å². The van der Waals surface area contributed by atoms with Gasteiger partial charge in [0.2, 0.25) is 0 Å². The van der Waals surface area contributed by atoms with Crippen molar-refractivity contribution in [1.29, 1.82) is 0 Å². The van der Waals surface area contributed by atoms with Gasteiger partial charge < -0.3 is 9.47 Å². The second kappa shape index (κ2) is 3.35. The van der Waals surface area contributed by atoms with Crippen LogP contribution in [0.3, 0.4) is 0 Å². The molecule has 0 unspecified atom stereocenters. The molecule has 0 aliphatic carbocycles. The first-order chi connectivity index (χ1) is 5.41. The van der Waals surface area contributed by atoms with E-state index in [0.29, 0.717) is 12.0 Å². The molecule has 1 fully saturated rings. The summed E-state index contributed by atoms with van der Waals surface area (Å²) in [5.74, 6) is 0.437. The standard InChI is InChI=1S/C10H20O2/c1-7(2)9-11-8(3)6-10(4,5)12-9/h7-9H,6H2,1-5H3/t8-,9-/m0/s1. The molecule has 1 rings (SSSR count). The van der Waals surface area contributed by atoms with Gasteiger partial charge in [0.15, 0.2) is 6.29 Å². The molecule has 0 amide bonds. The van der Waals surface area contributed by atoms with E-state index >= 15 is 0 Å². The average Bonchev–Trinajstić information content (AvgIpc) is 1.82. The average molecular weight is 172 g/mol. The van der Waals surface area contributed by atoms with Crippen LogP contribution < -0.4 is 0 Å². The zero-order valence-electron chi connectivity index (χ0n) is 8.76. The van der Waals surface area contributed by atoms with Crippen LogP contribution in [0.15, 0.2) is 0 Å². The number of hydrogen-bond donors (Lipinski definition) is 0. The van der Waals surface area contributed by atoms with Crippen molar-refractivity contribution in [3.63, 3.8) is 0 Å². The molecule has 0 spiro atoms. The molecule has 12 heavy (non-hydrogen) atoms. The molecule has 1 saturated heterocycles. The van der Waals surface area contributed by atoms with E-state index in [1.165, 1.54) is 0 Å². The van der Waals surface area contributed by atoms with E-state index in [-0.39, 0.29) is 11.9 Å². The van der Waals surface area contributed by atoms with E-state index in [1.54, 1.807) is 0 Å². The highest BCUT2D eigenvalue weighted by molar-refractivity contribution is 4.78. The Kier molecular flexibility index (Phi) is 2.79. The summed E-state index contributed by atoms with van der Waals surface area (Å²) in [7, 11) is 0. The first-order valence-electron chi connectivity index (χ1n) is 4.74. The summed E-state index contributed by atoms with van der Waals surface area (Å²) in [5.41, 5.74) is -0.0212. The molecule has 1 heterocycles. The highest BCUT2D eigenvalue weighted by Crippen LogP contribution is 2.30. The molecular formula is C10H20O2. The van der Waals surface area contributed by atoms with Crippen LogP contribution in [0.25, 0.3) is 0 Å². The first-order valence-corrected chi connectivity index (χ1v) is 4.74. The van der Waals surface area contributed by atoms with Crippen LogP contribution in [0.5, 0.6) is 0 Å². The van der Waals surface area contributed by atoms with Crippen LogP contribution in [0.4, 0.5) is 0 Å². The van der Waals surface area contributed by atoms with E-state index in [4.69, 9.17) is 9.47 Å². The van der Waals surface area contributed by atoms with Crippen LogP contribution >= 0.6 is 0 Å². The molecule has 0 aromatic carbocycles. The van der Waals surface area contributed by atoms with Crippen molar-refractivity contribution in [2.24, 2.45) is 5.92 Å². The van der Waals surface area contributed by atoms with Crippen molar-refractivity contribution in [3.05, 3.63) is 0 Å². The minimum atomic E-state index is -0.0243. The van der Waals surface area contributed by atoms with E-state index in [0.717, 1.165) is 6.42 Å². The predicted molar refractivity (Wildman–Crippen MR) is 49.0 cm³/mol. The summed E-state index contributed by atoms with van der Waals surface area (Å²) < 4.78 is 11.4. The minimum Gasteiger partial charge on any atom is -0.349 e. The molecular weight excluding hydrogens is 152 g/mol. The molecule has 0 aromatic rings. The topological polar surface area (TPSA) is 18.5 Å². The SMILES string of the molecule is CC(C)[C@H]1O[C@@H](C)CC(C)(C)O1. The van der Waals surface area contributed by atoms with Crippen molar-refractivity contribution < 1.29 is 9.47 Å². The quantitative estimate of drug-likeness (QED) is 0.605. The third-order valence-corrected chi connectivity index (χ3v) is 2.12. The van der Waals surface area contributed by atoms with Gasteiger partial charge in [0, 0.05) is 12.3 Å². The lowest BCUT2D eigenvalue weighted by atomic mass is 9.99. The fourth-order valence-electron chi connectivity index (χ4n) is 1.65. The lowest BCUT2D eigenvalue weighted by Gasteiger charge is -2.41. The third-order valence-electron chi connectivity index (χ3n) is 2.12. The summed E-state index contributed by atoms with van der Waals surface area (Å²) >= 11 is 0. The lowest BCUT2D eigenvalue weighted by Crippen LogP contribution is -2.45. The fourth-order valence-corrected chi connectivity index (χ4v) is 1.65. The van der Waals surface area contributed by atoms with Crippen LogP contribution in [-0.2, 0) is 9.47 Å². The van der Waals surface area contributed by atoms with Gasteiger partial charge in [0.1, 0.15) is 0 Å². The molecule has 1 aliphatic rings. The first kappa shape index (κ1) is 10.0. The molecule has 1 aliphatic heterocycles. The molecule has 0 bridgehead atoms. The van der Waals surface area contributed by atoms with Crippen molar-refractivity contribution in [2.75, 3.05) is 0 Å². The van der Waals surface area contributed by atoms with E-state index < -0.39 is 0 Å². The number of ether oxygens (including phenoxy) is 2. The molecule has 2 heteroatoms. The summed E-state index contributed by atoms with van der Waals surface area (Å²) in [6.45, 7) is 10.6. The second-order valence-electron chi connectivity index (χ2n) is 4.64. The van der Waals surface area contributed by atoms with E-state index in [9.17, 15) is 0 Å². The molecule has 2 nitrogen and oxygen atoms in total. The third kappa shape index (κ3) is 2.46. The Labute approximate surface area is 75.2 Å². The maximum atomic E-state index is 5.78. The summed E-state index contributed by atoms with van der Waals surface area (Å²) in [6.07, 6.45) is 1.28. The smallest absolute Gasteiger partial charge is 0.160 e. The van der Waals surface area contributed by atoms with Gasteiger partial charge in [-0.05, 0) is 20.8 Å². The van der Waals surface area contributed by atoms with Crippen molar-refractivity contribution in [1.82, 2.24) is 0 Å². The largest absolute Gasteiger partial charge is 0.349 e. The Hall–Kier alpha value is -0.0800. The summed E-state index contributed by atoms with van der Waals surface area (Å²) in [6, 6.07) is 0. The maximum absolute atomic E-state index is 5.78. The second-order valence-corrected chi connectivity index (χ2v) is 4.64.